The topological polar surface area (TPSA) is 55.0 Å². The third-order valence-electron chi connectivity index (χ3n) is 2.89. The SMILES string of the molecule is CCCN(CC1CC1)c1cc(N)nc(SC)n1. The molecule has 17 heavy (non-hydrogen) atoms. The Balaban J connectivity index is 2.17. The van der Waals surface area contributed by atoms with Crippen LogP contribution in [0.3, 0.4) is 0 Å². The van der Waals surface area contributed by atoms with Gasteiger partial charge in [-0.25, -0.2) is 9.97 Å². The van der Waals surface area contributed by atoms with Crippen LogP contribution >= 0.6 is 11.8 Å². The molecule has 0 atom stereocenters. The Labute approximate surface area is 107 Å². The lowest BCUT2D eigenvalue weighted by atomic mass is 10.3. The highest BCUT2D eigenvalue weighted by Gasteiger charge is 2.25. The second kappa shape index (κ2) is 5.58. The van der Waals surface area contributed by atoms with Gasteiger partial charge in [0.2, 0.25) is 0 Å². The maximum atomic E-state index is 5.82. The van der Waals surface area contributed by atoms with Crippen LogP contribution in [0, 0.1) is 5.92 Å². The summed E-state index contributed by atoms with van der Waals surface area (Å²) in [6.07, 6.45) is 5.82. The van der Waals surface area contributed by atoms with E-state index in [9.17, 15) is 0 Å². The van der Waals surface area contributed by atoms with Crippen LogP contribution in [0.1, 0.15) is 26.2 Å². The van der Waals surface area contributed by atoms with Crippen molar-refractivity contribution in [1.82, 2.24) is 9.97 Å². The van der Waals surface area contributed by atoms with Gasteiger partial charge in [0, 0.05) is 19.2 Å². The van der Waals surface area contributed by atoms with E-state index in [1.807, 2.05) is 12.3 Å². The fourth-order valence-corrected chi connectivity index (χ4v) is 2.25. The zero-order valence-electron chi connectivity index (χ0n) is 10.5. The summed E-state index contributed by atoms with van der Waals surface area (Å²) in [7, 11) is 0. The van der Waals surface area contributed by atoms with Crippen LogP contribution < -0.4 is 10.6 Å². The van der Waals surface area contributed by atoms with Gasteiger partial charge in [-0.05, 0) is 31.4 Å². The van der Waals surface area contributed by atoms with Gasteiger partial charge in [-0.1, -0.05) is 18.7 Å². The van der Waals surface area contributed by atoms with Gasteiger partial charge >= 0.3 is 0 Å². The van der Waals surface area contributed by atoms with Crippen molar-refractivity contribution in [1.29, 1.82) is 0 Å². The molecule has 1 aromatic heterocycles. The maximum Gasteiger partial charge on any atom is 0.191 e. The second-order valence-corrected chi connectivity index (χ2v) is 5.30. The minimum atomic E-state index is 0.566. The molecule has 0 saturated heterocycles. The first-order valence-electron chi connectivity index (χ1n) is 6.16. The lowest BCUT2D eigenvalue weighted by Crippen LogP contribution is -2.27. The van der Waals surface area contributed by atoms with Gasteiger partial charge < -0.3 is 10.6 Å². The molecule has 4 nitrogen and oxygen atoms in total. The fraction of sp³-hybridized carbons (Fsp3) is 0.667. The molecule has 2 rings (SSSR count). The average Bonchev–Trinajstić information content (AvgIpc) is 3.11. The number of rotatable bonds is 6. The largest absolute Gasteiger partial charge is 0.383 e. The first kappa shape index (κ1) is 12.5. The number of nitrogen functional groups attached to an aromatic ring is 1. The van der Waals surface area contributed by atoms with Crippen molar-refractivity contribution in [2.45, 2.75) is 31.3 Å². The number of nitrogens with zero attached hydrogens (tertiary/aromatic N) is 3. The van der Waals surface area contributed by atoms with Crippen LogP contribution in [0.5, 0.6) is 0 Å². The molecule has 0 aromatic carbocycles. The predicted octanol–water partition coefficient (Wildman–Crippen LogP) is 2.41. The van der Waals surface area contributed by atoms with Crippen LogP contribution in [0.15, 0.2) is 11.2 Å². The Hall–Kier alpha value is -0.970. The van der Waals surface area contributed by atoms with Crippen molar-refractivity contribution >= 4 is 23.4 Å². The number of thioether (sulfide) groups is 1. The van der Waals surface area contributed by atoms with E-state index < -0.39 is 0 Å². The molecular weight excluding hydrogens is 232 g/mol. The number of hydrogen-bond donors (Lipinski definition) is 1. The Morgan fingerprint density at radius 1 is 1.47 bits per heavy atom. The molecule has 1 aliphatic carbocycles. The maximum absolute atomic E-state index is 5.82. The van der Waals surface area contributed by atoms with E-state index >= 15 is 0 Å². The molecule has 0 spiro atoms. The molecule has 0 radical (unpaired) electrons. The highest BCUT2D eigenvalue weighted by Crippen LogP contribution is 2.31. The van der Waals surface area contributed by atoms with Crippen LogP contribution in [-0.4, -0.2) is 29.3 Å². The van der Waals surface area contributed by atoms with Gasteiger partial charge in [0.05, 0.1) is 0 Å². The van der Waals surface area contributed by atoms with E-state index in [2.05, 4.69) is 21.8 Å². The van der Waals surface area contributed by atoms with Gasteiger partial charge in [-0.15, -0.1) is 0 Å². The van der Waals surface area contributed by atoms with E-state index in [1.165, 1.54) is 24.6 Å². The smallest absolute Gasteiger partial charge is 0.191 e. The van der Waals surface area contributed by atoms with E-state index in [-0.39, 0.29) is 0 Å². The fourth-order valence-electron chi connectivity index (χ4n) is 1.86. The molecule has 0 unspecified atom stereocenters. The molecule has 1 saturated carbocycles. The second-order valence-electron chi connectivity index (χ2n) is 4.53. The molecule has 1 fully saturated rings. The zero-order chi connectivity index (χ0) is 12.3. The average molecular weight is 252 g/mol. The van der Waals surface area contributed by atoms with Gasteiger partial charge in [0.1, 0.15) is 11.6 Å². The van der Waals surface area contributed by atoms with E-state index in [0.717, 1.165) is 36.4 Å². The lowest BCUT2D eigenvalue weighted by Gasteiger charge is -2.23. The van der Waals surface area contributed by atoms with Crippen molar-refractivity contribution in [3.05, 3.63) is 6.07 Å². The molecule has 1 aromatic rings. The summed E-state index contributed by atoms with van der Waals surface area (Å²) in [6.45, 7) is 4.35. The van der Waals surface area contributed by atoms with E-state index in [0.29, 0.717) is 5.82 Å². The lowest BCUT2D eigenvalue weighted by molar-refractivity contribution is 0.693. The quantitative estimate of drug-likeness (QED) is 0.622. The number of aromatic nitrogens is 2. The summed E-state index contributed by atoms with van der Waals surface area (Å²) < 4.78 is 0. The minimum Gasteiger partial charge on any atom is -0.383 e. The molecule has 1 heterocycles. The molecule has 0 amide bonds. The number of anilines is 2. The Morgan fingerprint density at radius 2 is 2.24 bits per heavy atom. The standard InChI is InChI=1S/C12H20N4S/c1-3-6-16(8-9-4-5-9)11-7-10(13)14-12(15-11)17-2/h7,9H,3-6,8H2,1-2H3,(H2,13,14,15). The minimum absolute atomic E-state index is 0.566. The highest BCUT2D eigenvalue weighted by molar-refractivity contribution is 7.98. The summed E-state index contributed by atoms with van der Waals surface area (Å²) in [5.74, 6) is 2.40. The van der Waals surface area contributed by atoms with Crippen LogP contribution in [0.4, 0.5) is 11.6 Å². The van der Waals surface area contributed by atoms with Crippen LogP contribution in [-0.2, 0) is 0 Å². The Kier molecular flexibility index (Phi) is 4.10. The van der Waals surface area contributed by atoms with Gasteiger partial charge in [-0.3, -0.25) is 0 Å². The van der Waals surface area contributed by atoms with Gasteiger partial charge in [-0.2, -0.15) is 0 Å². The Bertz CT molecular complexity index is 379. The van der Waals surface area contributed by atoms with Gasteiger partial charge in [0.25, 0.3) is 0 Å². The Morgan fingerprint density at radius 3 is 2.82 bits per heavy atom. The highest BCUT2D eigenvalue weighted by atomic mass is 32.2. The summed E-state index contributed by atoms with van der Waals surface area (Å²) in [4.78, 5) is 11.1. The molecule has 94 valence electrons. The molecule has 5 heteroatoms. The molecule has 0 aliphatic heterocycles. The van der Waals surface area contributed by atoms with E-state index in [4.69, 9.17) is 5.73 Å². The molecule has 2 N–H and O–H groups in total. The molecule has 0 bridgehead atoms. The van der Waals surface area contributed by atoms with Crippen molar-refractivity contribution in [2.24, 2.45) is 5.92 Å². The zero-order valence-corrected chi connectivity index (χ0v) is 11.3. The summed E-state index contributed by atoms with van der Waals surface area (Å²) in [5.41, 5.74) is 5.82. The summed E-state index contributed by atoms with van der Waals surface area (Å²) in [6, 6.07) is 1.89. The van der Waals surface area contributed by atoms with Crippen molar-refractivity contribution in [2.75, 3.05) is 30.0 Å². The van der Waals surface area contributed by atoms with Crippen molar-refractivity contribution in [3.8, 4) is 0 Å². The monoisotopic (exact) mass is 252 g/mol. The summed E-state index contributed by atoms with van der Waals surface area (Å²) >= 11 is 1.54. The number of hydrogen-bond acceptors (Lipinski definition) is 5. The summed E-state index contributed by atoms with van der Waals surface area (Å²) in [5, 5.41) is 0.761. The van der Waals surface area contributed by atoms with Crippen LogP contribution in [0.25, 0.3) is 0 Å². The third-order valence-corrected chi connectivity index (χ3v) is 3.44. The first-order chi connectivity index (χ1) is 8.22. The molecular formula is C12H20N4S. The van der Waals surface area contributed by atoms with Gasteiger partial charge in [0.15, 0.2) is 5.16 Å². The first-order valence-corrected chi connectivity index (χ1v) is 7.39. The predicted molar refractivity (Wildman–Crippen MR) is 73.5 cm³/mol. The third kappa shape index (κ3) is 3.49. The van der Waals surface area contributed by atoms with Crippen molar-refractivity contribution < 1.29 is 0 Å². The van der Waals surface area contributed by atoms with Crippen LogP contribution in [0.2, 0.25) is 0 Å². The molecule has 1 aliphatic rings. The van der Waals surface area contributed by atoms with Crippen molar-refractivity contribution in [3.63, 3.8) is 0 Å². The number of nitrogens with two attached hydrogens (primary N) is 1. The normalized spacial score (nSPS) is 14.9. The van der Waals surface area contributed by atoms with E-state index in [1.54, 1.807) is 0 Å².